The van der Waals surface area contributed by atoms with Crippen LogP contribution in [0.15, 0.2) is 6.20 Å². The first-order valence-corrected chi connectivity index (χ1v) is 2.78. The largest absolute Gasteiger partial charge is 0.493 e. The van der Waals surface area contributed by atoms with Crippen molar-refractivity contribution in [3.63, 3.8) is 0 Å². The summed E-state index contributed by atoms with van der Waals surface area (Å²) in [5.74, 6) is 0.845. The lowest BCUT2D eigenvalue weighted by Crippen LogP contribution is -1.92. The van der Waals surface area contributed by atoms with E-state index in [1.54, 1.807) is 18.0 Å². The molecule has 1 aromatic heterocycles. The van der Waals surface area contributed by atoms with Crippen LogP contribution >= 0.6 is 0 Å². The van der Waals surface area contributed by atoms with E-state index in [4.69, 9.17) is 4.74 Å². The quantitative estimate of drug-likeness (QED) is 0.555. The normalized spacial score (nSPS) is 9.67. The van der Waals surface area contributed by atoms with E-state index in [2.05, 4.69) is 5.10 Å². The van der Waals surface area contributed by atoms with Gasteiger partial charge in [0.15, 0.2) is 5.75 Å². The number of methoxy groups -OCH3 is 1. The van der Waals surface area contributed by atoms with Crippen molar-refractivity contribution in [2.24, 2.45) is 7.05 Å². The molecule has 0 saturated carbocycles. The van der Waals surface area contributed by atoms with Gasteiger partial charge in [-0.25, -0.2) is 0 Å². The standard InChI is InChI=1S/C6H10N2O/c1-5-6(9-3)4-7-8(5)2/h4H,1-3H3. The Balaban J connectivity index is 3.04. The first-order valence-electron chi connectivity index (χ1n) is 2.78. The summed E-state index contributed by atoms with van der Waals surface area (Å²) >= 11 is 0. The number of hydrogen-bond donors (Lipinski definition) is 0. The molecular weight excluding hydrogens is 116 g/mol. The molecule has 1 aromatic rings. The van der Waals surface area contributed by atoms with E-state index in [9.17, 15) is 0 Å². The van der Waals surface area contributed by atoms with Gasteiger partial charge >= 0.3 is 0 Å². The van der Waals surface area contributed by atoms with E-state index in [0.717, 1.165) is 11.4 Å². The van der Waals surface area contributed by atoms with E-state index in [0.29, 0.717) is 0 Å². The molecule has 3 nitrogen and oxygen atoms in total. The Morgan fingerprint density at radius 2 is 2.33 bits per heavy atom. The van der Waals surface area contributed by atoms with Gasteiger partial charge in [-0.2, -0.15) is 5.10 Å². The molecule has 0 radical (unpaired) electrons. The number of ether oxygens (including phenoxy) is 1. The van der Waals surface area contributed by atoms with Gasteiger partial charge in [0.2, 0.25) is 0 Å². The molecular formula is C6H10N2O. The summed E-state index contributed by atoms with van der Waals surface area (Å²) in [6.45, 7) is 1.96. The minimum Gasteiger partial charge on any atom is -0.493 e. The second-order valence-electron chi connectivity index (χ2n) is 1.92. The summed E-state index contributed by atoms with van der Waals surface area (Å²) in [6, 6.07) is 0. The zero-order valence-electron chi connectivity index (χ0n) is 5.88. The van der Waals surface area contributed by atoms with Crippen LogP contribution in [0.25, 0.3) is 0 Å². The van der Waals surface area contributed by atoms with Crippen molar-refractivity contribution in [1.82, 2.24) is 9.78 Å². The van der Waals surface area contributed by atoms with Gasteiger partial charge in [0.05, 0.1) is 19.0 Å². The SMILES string of the molecule is COc1cnn(C)c1C. The van der Waals surface area contributed by atoms with Crippen LogP contribution in [0.2, 0.25) is 0 Å². The highest BCUT2D eigenvalue weighted by Crippen LogP contribution is 2.13. The van der Waals surface area contributed by atoms with Crippen LogP contribution in [0.5, 0.6) is 5.75 Å². The molecule has 0 N–H and O–H groups in total. The molecule has 1 rings (SSSR count). The molecule has 9 heavy (non-hydrogen) atoms. The maximum absolute atomic E-state index is 4.98. The van der Waals surface area contributed by atoms with E-state index in [-0.39, 0.29) is 0 Å². The number of aryl methyl sites for hydroxylation is 1. The minimum absolute atomic E-state index is 0.845. The molecule has 0 aromatic carbocycles. The second-order valence-corrected chi connectivity index (χ2v) is 1.92. The molecule has 0 aliphatic carbocycles. The fourth-order valence-electron chi connectivity index (χ4n) is 0.679. The first-order chi connectivity index (χ1) is 4.25. The van der Waals surface area contributed by atoms with Crippen molar-refractivity contribution in [2.75, 3.05) is 7.11 Å². The Bertz CT molecular complexity index is 205. The van der Waals surface area contributed by atoms with Gasteiger partial charge < -0.3 is 4.74 Å². The third kappa shape index (κ3) is 0.896. The smallest absolute Gasteiger partial charge is 0.159 e. The molecule has 1 heterocycles. The maximum Gasteiger partial charge on any atom is 0.159 e. The lowest BCUT2D eigenvalue weighted by Gasteiger charge is -1.95. The van der Waals surface area contributed by atoms with Crippen LogP contribution in [0.1, 0.15) is 5.69 Å². The van der Waals surface area contributed by atoms with Gasteiger partial charge in [-0.1, -0.05) is 0 Å². The summed E-state index contributed by atoms with van der Waals surface area (Å²) in [6.07, 6.45) is 1.70. The zero-order chi connectivity index (χ0) is 6.85. The van der Waals surface area contributed by atoms with Crippen LogP contribution < -0.4 is 4.74 Å². The highest BCUT2D eigenvalue weighted by atomic mass is 16.5. The average molecular weight is 126 g/mol. The van der Waals surface area contributed by atoms with Crippen molar-refractivity contribution in [3.8, 4) is 5.75 Å². The van der Waals surface area contributed by atoms with Gasteiger partial charge in [-0.15, -0.1) is 0 Å². The van der Waals surface area contributed by atoms with E-state index in [1.807, 2.05) is 14.0 Å². The summed E-state index contributed by atoms with van der Waals surface area (Å²) in [4.78, 5) is 0. The van der Waals surface area contributed by atoms with Crippen molar-refractivity contribution in [2.45, 2.75) is 6.92 Å². The number of aromatic nitrogens is 2. The van der Waals surface area contributed by atoms with Gasteiger partial charge in [0.25, 0.3) is 0 Å². The molecule has 0 aliphatic heterocycles. The van der Waals surface area contributed by atoms with Gasteiger partial charge in [0, 0.05) is 7.05 Å². The van der Waals surface area contributed by atoms with Gasteiger partial charge in [-0.05, 0) is 6.92 Å². The lowest BCUT2D eigenvalue weighted by atomic mass is 10.4. The highest BCUT2D eigenvalue weighted by Gasteiger charge is 2.00. The Kier molecular flexibility index (Phi) is 1.42. The first kappa shape index (κ1) is 6.13. The highest BCUT2D eigenvalue weighted by molar-refractivity contribution is 5.22. The Labute approximate surface area is 54.2 Å². The van der Waals surface area contributed by atoms with Crippen molar-refractivity contribution >= 4 is 0 Å². The van der Waals surface area contributed by atoms with Crippen molar-refractivity contribution < 1.29 is 4.74 Å². The minimum atomic E-state index is 0.845. The number of rotatable bonds is 1. The van der Waals surface area contributed by atoms with Crippen LogP contribution in [-0.2, 0) is 7.05 Å². The molecule has 0 bridgehead atoms. The van der Waals surface area contributed by atoms with Crippen LogP contribution in [0, 0.1) is 6.92 Å². The van der Waals surface area contributed by atoms with E-state index < -0.39 is 0 Å². The summed E-state index contributed by atoms with van der Waals surface area (Å²) in [5, 5.41) is 3.98. The zero-order valence-corrected chi connectivity index (χ0v) is 5.88. The predicted octanol–water partition coefficient (Wildman–Crippen LogP) is 0.737. The number of nitrogens with zero attached hydrogens (tertiary/aromatic N) is 2. The Hall–Kier alpha value is -0.990. The molecule has 0 saturated heterocycles. The van der Waals surface area contributed by atoms with Crippen LogP contribution in [0.4, 0.5) is 0 Å². The molecule has 0 unspecified atom stereocenters. The monoisotopic (exact) mass is 126 g/mol. The third-order valence-electron chi connectivity index (χ3n) is 1.41. The summed E-state index contributed by atoms with van der Waals surface area (Å²) in [5.41, 5.74) is 1.05. The third-order valence-corrected chi connectivity index (χ3v) is 1.41. The molecule has 50 valence electrons. The fraction of sp³-hybridized carbons (Fsp3) is 0.500. The van der Waals surface area contributed by atoms with E-state index in [1.165, 1.54) is 0 Å². The Morgan fingerprint density at radius 3 is 2.56 bits per heavy atom. The van der Waals surface area contributed by atoms with E-state index >= 15 is 0 Å². The second kappa shape index (κ2) is 2.09. The predicted molar refractivity (Wildman–Crippen MR) is 34.5 cm³/mol. The molecule has 0 fully saturated rings. The molecule has 0 spiro atoms. The van der Waals surface area contributed by atoms with Gasteiger partial charge in [0.1, 0.15) is 0 Å². The lowest BCUT2D eigenvalue weighted by molar-refractivity contribution is 0.410. The summed E-state index contributed by atoms with van der Waals surface area (Å²) in [7, 11) is 3.53. The van der Waals surface area contributed by atoms with Gasteiger partial charge in [-0.3, -0.25) is 4.68 Å². The van der Waals surface area contributed by atoms with Crippen molar-refractivity contribution in [1.29, 1.82) is 0 Å². The average Bonchev–Trinajstić information content (AvgIpc) is 2.15. The van der Waals surface area contributed by atoms with Crippen LogP contribution in [0.3, 0.4) is 0 Å². The van der Waals surface area contributed by atoms with Crippen molar-refractivity contribution in [3.05, 3.63) is 11.9 Å². The topological polar surface area (TPSA) is 27.1 Å². The fourth-order valence-corrected chi connectivity index (χ4v) is 0.679. The molecule has 0 aliphatic rings. The molecule has 0 atom stereocenters. The molecule has 0 amide bonds. The number of hydrogen-bond acceptors (Lipinski definition) is 2. The summed E-state index contributed by atoms with van der Waals surface area (Å²) < 4.78 is 6.76. The Morgan fingerprint density at radius 1 is 1.67 bits per heavy atom. The maximum atomic E-state index is 4.98. The molecule has 3 heteroatoms. The van der Waals surface area contributed by atoms with Crippen LogP contribution in [-0.4, -0.2) is 16.9 Å².